The van der Waals surface area contributed by atoms with Crippen LogP contribution >= 0.6 is 0 Å². The lowest BCUT2D eigenvalue weighted by Gasteiger charge is -2.22. The van der Waals surface area contributed by atoms with Crippen LogP contribution in [-0.4, -0.2) is 38.9 Å². The molecule has 2 rings (SSSR count). The third-order valence-electron chi connectivity index (χ3n) is 2.36. The Morgan fingerprint density at radius 2 is 2.53 bits per heavy atom. The third kappa shape index (κ3) is 1.91. The quantitative estimate of drug-likeness (QED) is 0.605. The van der Waals surface area contributed by atoms with E-state index in [1.165, 1.54) is 0 Å². The molecule has 7 nitrogen and oxygen atoms in total. The van der Waals surface area contributed by atoms with Gasteiger partial charge in [-0.05, 0) is 6.42 Å². The number of carboxylic acids is 1. The Morgan fingerprint density at radius 3 is 3.20 bits per heavy atom. The van der Waals surface area contributed by atoms with E-state index in [1.54, 1.807) is 4.68 Å². The summed E-state index contributed by atoms with van der Waals surface area (Å²) in [6.45, 7) is 1.29. The van der Waals surface area contributed by atoms with E-state index in [-0.39, 0.29) is 12.5 Å². The zero-order chi connectivity index (χ0) is 10.8. The minimum Gasteiger partial charge on any atom is -0.481 e. The second-order valence-corrected chi connectivity index (χ2v) is 3.47. The molecule has 0 saturated carbocycles. The lowest BCUT2D eigenvalue weighted by molar-refractivity contribution is -0.136. The summed E-state index contributed by atoms with van der Waals surface area (Å²) in [6.07, 6.45) is 0.734. The zero-order valence-electron chi connectivity index (χ0n) is 8.18. The minimum atomic E-state index is -0.928. The van der Waals surface area contributed by atoms with Gasteiger partial charge < -0.3 is 16.2 Å². The second-order valence-electron chi connectivity index (χ2n) is 3.47. The molecule has 0 amide bonds. The Bertz CT molecular complexity index is 375. The number of nitrogens with one attached hydrogen (secondary N) is 1. The van der Waals surface area contributed by atoms with E-state index in [4.69, 9.17) is 10.8 Å². The van der Waals surface area contributed by atoms with Crippen LogP contribution in [0.5, 0.6) is 0 Å². The first-order chi connectivity index (χ1) is 7.20. The van der Waals surface area contributed by atoms with Crippen LogP contribution in [0.2, 0.25) is 0 Å². The normalized spacial score (nSPS) is 19.4. The third-order valence-corrected chi connectivity index (χ3v) is 2.36. The smallest absolute Gasteiger partial charge is 0.311 e. The van der Waals surface area contributed by atoms with Gasteiger partial charge in [-0.15, -0.1) is 0 Å². The molecule has 1 aliphatic heterocycles. The highest BCUT2D eigenvalue weighted by molar-refractivity contribution is 5.69. The fourth-order valence-corrected chi connectivity index (χ4v) is 1.64. The van der Waals surface area contributed by atoms with Crippen molar-refractivity contribution in [3.63, 3.8) is 0 Å². The first-order valence-electron chi connectivity index (χ1n) is 4.82. The first-order valence-corrected chi connectivity index (χ1v) is 4.82. The van der Waals surface area contributed by atoms with Gasteiger partial charge in [0.2, 0.25) is 5.95 Å². The van der Waals surface area contributed by atoms with Crippen LogP contribution in [0.1, 0.15) is 18.3 Å². The summed E-state index contributed by atoms with van der Waals surface area (Å²) < 4.78 is 1.68. The lowest BCUT2D eigenvalue weighted by Crippen LogP contribution is -2.29. The van der Waals surface area contributed by atoms with Gasteiger partial charge in [0.1, 0.15) is 6.42 Å². The van der Waals surface area contributed by atoms with Crippen LogP contribution in [0.3, 0.4) is 0 Å². The number of aliphatic carboxylic acids is 1. The van der Waals surface area contributed by atoms with E-state index in [1.807, 2.05) is 0 Å². The van der Waals surface area contributed by atoms with Gasteiger partial charge in [-0.25, -0.2) is 4.68 Å². The molecule has 1 aliphatic rings. The number of carbonyl (C=O) groups is 1. The summed E-state index contributed by atoms with van der Waals surface area (Å²) >= 11 is 0. The topological polar surface area (TPSA) is 106 Å². The minimum absolute atomic E-state index is 0.122. The summed E-state index contributed by atoms with van der Waals surface area (Å²) in [7, 11) is 0. The van der Waals surface area contributed by atoms with E-state index < -0.39 is 5.97 Å². The molecule has 7 heteroatoms. The number of aromatic nitrogens is 3. The van der Waals surface area contributed by atoms with Crippen LogP contribution in [0.25, 0.3) is 0 Å². The van der Waals surface area contributed by atoms with E-state index in [9.17, 15) is 4.79 Å². The first kappa shape index (κ1) is 9.91. The average Bonchev–Trinajstić information content (AvgIpc) is 2.58. The maximum absolute atomic E-state index is 10.5. The molecule has 0 saturated heterocycles. The van der Waals surface area contributed by atoms with Gasteiger partial charge in [0.15, 0.2) is 5.82 Å². The van der Waals surface area contributed by atoms with Crippen LogP contribution in [0.4, 0.5) is 5.95 Å². The average molecular weight is 211 g/mol. The highest BCUT2D eigenvalue weighted by Crippen LogP contribution is 2.20. The Morgan fingerprint density at radius 1 is 1.73 bits per heavy atom. The Labute approximate surface area is 86.3 Å². The number of fused-ring (bicyclic) bond motifs is 1. The summed E-state index contributed by atoms with van der Waals surface area (Å²) in [4.78, 5) is 14.6. The molecule has 0 aliphatic carbocycles. The molecule has 1 atom stereocenters. The number of rotatable bonds is 3. The van der Waals surface area contributed by atoms with Gasteiger partial charge in [-0.3, -0.25) is 4.79 Å². The van der Waals surface area contributed by atoms with Crippen molar-refractivity contribution in [2.75, 3.05) is 18.4 Å². The zero-order valence-corrected chi connectivity index (χ0v) is 8.18. The van der Waals surface area contributed by atoms with Crippen molar-refractivity contribution in [1.82, 2.24) is 14.8 Å². The summed E-state index contributed by atoms with van der Waals surface area (Å²) in [6, 6.07) is 0.122. The van der Waals surface area contributed by atoms with Gasteiger partial charge in [0.25, 0.3) is 0 Å². The number of hydrogen-bond donors (Lipinski definition) is 3. The molecule has 15 heavy (non-hydrogen) atoms. The predicted molar refractivity (Wildman–Crippen MR) is 52.6 cm³/mol. The van der Waals surface area contributed by atoms with Crippen molar-refractivity contribution in [1.29, 1.82) is 0 Å². The molecule has 2 heterocycles. The molecule has 82 valence electrons. The summed E-state index contributed by atoms with van der Waals surface area (Å²) in [5.74, 6) is 0.0144. The fraction of sp³-hybridized carbons (Fsp3) is 0.625. The Hall–Kier alpha value is -1.63. The molecule has 4 N–H and O–H groups in total. The molecule has 1 unspecified atom stereocenters. The van der Waals surface area contributed by atoms with Crippen LogP contribution in [0.15, 0.2) is 0 Å². The van der Waals surface area contributed by atoms with Gasteiger partial charge >= 0.3 is 5.97 Å². The van der Waals surface area contributed by atoms with Crippen molar-refractivity contribution < 1.29 is 9.90 Å². The fourth-order valence-electron chi connectivity index (χ4n) is 1.64. The second kappa shape index (κ2) is 3.85. The van der Waals surface area contributed by atoms with Gasteiger partial charge in [-0.1, -0.05) is 0 Å². The highest BCUT2D eigenvalue weighted by atomic mass is 16.4. The molecule has 0 fully saturated rings. The van der Waals surface area contributed by atoms with Crippen LogP contribution in [-0.2, 0) is 11.2 Å². The maximum atomic E-state index is 10.5. The van der Waals surface area contributed by atoms with Crippen LogP contribution < -0.4 is 11.1 Å². The molecule has 1 aromatic rings. The van der Waals surface area contributed by atoms with Crippen molar-refractivity contribution in [3.05, 3.63) is 5.82 Å². The maximum Gasteiger partial charge on any atom is 0.311 e. The molecule has 0 radical (unpaired) electrons. The molecular weight excluding hydrogens is 198 g/mol. The largest absolute Gasteiger partial charge is 0.481 e. The molecule has 0 aromatic carbocycles. The number of anilines is 1. The molecule has 1 aromatic heterocycles. The van der Waals surface area contributed by atoms with E-state index >= 15 is 0 Å². The van der Waals surface area contributed by atoms with Gasteiger partial charge in [0.05, 0.1) is 6.04 Å². The van der Waals surface area contributed by atoms with E-state index in [2.05, 4.69) is 15.4 Å². The van der Waals surface area contributed by atoms with Crippen molar-refractivity contribution in [2.24, 2.45) is 5.73 Å². The standard InChI is InChI=1S/C8H13N5O2/c9-4-5-1-2-10-8-11-6(3-7(14)15)12-13(5)8/h5H,1-4,9H2,(H,14,15)(H,10,11,12). The molecule has 0 spiro atoms. The predicted octanol–water partition coefficient (Wildman–Crippen LogP) is -0.779. The number of carboxylic acid groups (broad SMARTS) is 1. The number of nitrogens with zero attached hydrogens (tertiary/aromatic N) is 3. The summed E-state index contributed by atoms with van der Waals surface area (Å²) in [5.41, 5.74) is 5.60. The Kier molecular flexibility index (Phi) is 2.55. The Balaban J connectivity index is 2.25. The summed E-state index contributed by atoms with van der Waals surface area (Å²) in [5, 5.41) is 15.8. The molecule has 0 bridgehead atoms. The van der Waals surface area contributed by atoms with Gasteiger partial charge in [-0.2, -0.15) is 10.1 Å². The van der Waals surface area contributed by atoms with Crippen molar-refractivity contribution in [2.45, 2.75) is 18.9 Å². The van der Waals surface area contributed by atoms with Crippen molar-refractivity contribution >= 4 is 11.9 Å². The lowest BCUT2D eigenvalue weighted by atomic mass is 10.2. The van der Waals surface area contributed by atoms with E-state index in [0.717, 1.165) is 13.0 Å². The number of nitrogens with two attached hydrogens (primary N) is 1. The van der Waals surface area contributed by atoms with Crippen molar-refractivity contribution in [3.8, 4) is 0 Å². The molecular formula is C8H13N5O2. The monoisotopic (exact) mass is 211 g/mol. The van der Waals surface area contributed by atoms with E-state index in [0.29, 0.717) is 18.3 Å². The van der Waals surface area contributed by atoms with Crippen LogP contribution in [0, 0.1) is 0 Å². The van der Waals surface area contributed by atoms with Gasteiger partial charge in [0, 0.05) is 13.1 Å². The SMILES string of the molecule is NCC1CCNc2nc(CC(=O)O)nn21. The highest BCUT2D eigenvalue weighted by Gasteiger charge is 2.22. The number of hydrogen-bond acceptors (Lipinski definition) is 5.